The van der Waals surface area contributed by atoms with E-state index in [0.29, 0.717) is 41.8 Å². The number of nitrogens with one attached hydrogen (secondary N) is 1. The Kier molecular flexibility index (Phi) is 5.82. The summed E-state index contributed by atoms with van der Waals surface area (Å²) in [6.07, 6.45) is 2.43. The van der Waals surface area contributed by atoms with E-state index in [9.17, 15) is 4.79 Å². The SMILES string of the molecule is CCc1nc2cc(Cl)ccn2c1C(=O)NCc1ccc2oc(CN3CCOCC3)nc2c1. The molecule has 3 aromatic heterocycles. The average Bonchev–Trinajstić information content (AvgIpc) is 3.37. The Bertz CT molecular complexity index is 1280. The molecule has 166 valence electrons. The van der Waals surface area contributed by atoms with Gasteiger partial charge in [0.1, 0.15) is 16.9 Å². The minimum absolute atomic E-state index is 0.176. The summed E-state index contributed by atoms with van der Waals surface area (Å²) in [4.78, 5) is 24.4. The molecule has 0 bridgehead atoms. The Balaban J connectivity index is 1.30. The number of aromatic nitrogens is 3. The third-order valence-electron chi connectivity index (χ3n) is 5.62. The van der Waals surface area contributed by atoms with Gasteiger partial charge in [0.15, 0.2) is 5.58 Å². The molecule has 1 aromatic carbocycles. The summed E-state index contributed by atoms with van der Waals surface area (Å²) in [6, 6.07) is 9.31. The fourth-order valence-electron chi connectivity index (χ4n) is 3.97. The van der Waals surface area contributed by atoms with E-state index in [-0.39, 0.29) is 5.91 Å². The molecule has 4 aromatic rings. The highest BCUT2D eigenvalue weighted by Crippen LogP contribution is 2.20. The lowest BCUT2D eigenvalue weighted by Gasteiger charge is -2.24. The third kappa shape index (κ3) is 4.21. The molecule has 1 aliphatic heterocycles. The van der Waals surface area contributed by atoms with Gasteiger partial charge in [-0.25, -0.2) is 9.97 Å². The Morgan fingerprint density at radius 1 is 1.19 bits per heavy atom. The van der Waals surface area contributed by atoms with Crippen LogP contribution in [0.2, 0.25) is 5.02 Å². The van der Waals surface area contributed by atoms with E-state index in [0.717, 1.165) is 48.7 Å². The Hall–Kier alpha value is -2.94. The van der Waals surface area contributed by atoms with Crippen LogP contribution in [0.1, 0.15) is 34.6 Å². The number of aryl methyl sites for hydroxylation is 1. The van der Waals surface area contributed by atoms with Crippen LogP contribution >= 0.6 is 11.6 Å². The zero-order valence-corrected chi connectivity index (χ0v) is 18.6. The molecule has 1 N–H and O–H groups in total. The lowest BCUT2D eigenvalue weighted by Crippen LogP contribution is -2.35. The van der Waals surface area contributed by atoms with Crippen molar-refractivity contribution in [1.29, 1.82) is 0 Å². The largest absolute Gasteiger partial charge is 0.439 e. The Morgan fingerprint density at radius 3 is 2.84 bits per heavy atom. The van der Waals surface area contributed by atoms with Crippen molar-refractivity contribution in [2.75, 3.05) is 26.3 Å². The van der Waals surface area contributed by atoms with Crippen molar-refractivity contribution < 1.29 is 13.9 Å². The average molecular weight is 454 g/mol. The highest BCUT2D eigenvalue weighted by atomic mass is 35.5. The highest BCUT2D eigenvalue weighted by Gasteiger charge is 2.19. The molecule has 1 fully saturated rings. The number of oxazole rings is 1. The number of ether oxygens (including phenoxy) is 1. The van der Waals surface area contributed by atoms with E-state index >= 15 is 0 Å². The smallest absolute Gasteiger partial charge is 0.270 e. The van der Waals surface area contributed by atoms with Crippen LogP contribution in [0, 0.1) is 0 Å². The molecule has 8 nitrogen and oxygen atoms in total. The maximum absolute atomic E-state index is 13.0. The van der Waals surface area contributed by atoms with E-state index in [1.54, 1.807) is 22.7 Å². The number of halogens is 1. The van der Waals surface area contributed by atoms with Crippen molar-refractivity contribution in [3.63, 3.8) is 0 Å². The lowest BCUT2D eigenvalue weighted by molar-refractivity contribution is 0.0308. The molecule has 4 heterocycles. The van der Waals surface area contributed by atoms with Gasteiger partial charge in [0.25, 0.3) is 5.91 Å². The van der Waals surface area contributed by atoms with E-state index < -0.39 is 0 Å². The van der Waals surface area contributed by atoms with E-state index in [1.165, 1.54) is 0 Å². The minimum atomic E-state index is -0.176. The van der Waals surface area contributed by atoms with Crippen molar-refractivity contribution >= 4 is 34.3 Å². The molecular formula is C23H24ClN5O3. The van der Waals surface area contributed by atoms with Crippen LogP contribution in [0.25, 0.3) is 16.7 Å². The van der Waals surface area contributed by atoms with Gasteiger partial charge < -0.3 is 14.5 Å². The highest BCUT2D eigenvalue weighted by molar-refractivity contribution is 6.30. The Morgan fingerprint density at radius 2 is 2.03 bits per heavy atom. The number of morpholine rings is 1. The number of hydrogen-bond donors (Lipinski definition) is 1. The zero-order chi connectivity index (χ0) is 22.1. The van der Waals surface area contributed by atoms with Crippen molar-refractivity contribution in [3.8, 4) is 0 Å². The van der Waals surface area contributed by atoms with Crippen LogP contribution in [-0.2, 0) is 24.2 Å². The lowest BCUT2D eigenvalue weighted by atomic mass is 10.2. The molecule has 9 heteroatoms. The van der Waals surface area contributed by atoms with Crippen molar-refractivity contribution in [2.45, 2.75) is 26.4 Å². The number of carbonyl (C=O) groups is 1. The number of benzene rings is 1. The number of rotatable bonds is 6. The van der Waals surface area contributed by atoms with Crippen molar-refractivity contribution in [1.82, 2.24) is 24.6 Å². The molecule has 0 unspecified atom stereocenters. The van der Waals surface area contributed by atoms with Crippen LogP contribution in [-0.4, -0.2) is 51.5 Å². The van der Waals surface area contributed by atoms with E-state index in [1.807, 2.05) is 25.1 Å². The normalized spacial score (nSPS) is 14.9. The first-order valence-electron chi connectivity index (χ1n) is 10.7. The summed E-state index contributed by atoms with van der Waals surface area (Å²) in [5.74, 6) is 0.519. The fraction of sp³-hybridized carbons (Fsp3) is 0.348. The number of amides is 1. The number of pyridine rings is 1. The van der Waals surface area contributed by atoms with Crippen LogP contribution in [0.15, 0.2) is 40.9 Å². The van der Waals surface area contributed by atoms with E-state index in [2.05, 4.69) is 20.2 Å². The van der Waals surface area contributed by atoms with E-state index in [4.69, 9.17) is 20.8 Å². The quantitative estimate of drug-likeness (QED) is 0.481. The molecule has 0 saturated carbocycles. The molecule has 1 aliphatic rings. The summed E-state index contributed by atoms with van der Waals surface area (Å²) in [7, 11) is 0. The standard InChI is InChI=1S/C23H24ClN5O3/c1-2-17-22(29-6-5-16(24)12-20(29)26-17)23(30)25-13-15-3-4-19-18(11-15)27-21(32-19)14-28-7-9-31-10-8-28/h3-6,11-12H,2,7-10,13-14H2,1H3,(H,25,30). The van der Waals surface area contributed by atoms with Crippen LogP contribution < -0.4 is 5.32 Å². The first-order chi connectivity index (χ1) is 15.6. The number of carbonyl (C=O) groups excluding carboxylic acids is 1. The molecule has 0 spiro atoms. The van der Waals surface area contributed by atoms with Gasteiger partial charge in [0, 0.05) is 36.9 Å². The van der Waals surface area contributed by atoms with Gasteiger partial charge in [-0.3, -0.25) is 14.1 Å². The monoisotopic (exact) mass is 453 g/mol. The molecular weight excluding hydrogens is 430 g/mol. The summed E-state index contributed by atoms with van der Waals surface area (Å²) in [6.45, 7) is 6.27. The number of fused-ring (bicyclic) bond motifs is 2. The molecule has 32 heavy (non-hydrogen) atoms. The predicted molar refractivity (Wildman–Crippen MR) is 121 cm³/mol. The topological polar surface area (TPSA) is 84.9 Å². The van der Waals surface area contributed by atoms with Gasteiger partial charge in [-0.2, -0.15) is 0 Å². The van der Waals surface area contributed by atoms with Crippen LogP contribution in [0.5, 0.6) is 0 Å². The zero-order valence-electron chi connectivity index (χ0n) is 17.8. The fourth-order valence-corrected chi connectivity index (χ4v) is 4.12. The predicted octanol–water partition coefficient (Wildman–Crippen LogP) is 3.45. The van der Waals surface area contributed by atoms with Crippen molar-refractivity contribution in [2.24, 2.45) is 0 Å². The molecule has 0 atom stereocenters. The number of nitrogens with zero attached hydrogens (tertiary/aromatic N) is 4. The number of imidazole rings is 1. The second kappa shape index (κ2) is 8.90. The minimum Gasteiger partial charge on any atom is -0.439 e. The molecule has 1 saturated heterocycles. The molecule has 5 rings (SSSR count). The second-order valence-electron chi connectivity index (χ2n) is 7.81. The Labute approximate surface area is 190 Å². The van der Waals surface area contributed by atoms with Gasteiger partial charge in [-0.05, 0) is 30.2 Å². The van der Waals surface area contributed by atoms with Gasteiger partial charge in [-0.15, -0.1) is 0 Å². The summed E-state index contributed by atoms with van der Waals surface area (Å²) in [5.41, 5.74) is 4.43. The summed E-state index contributed by atoms with van der Waals surface area (Å²) < 4.78 is 13.1. The van der Waals surface area contributed by atoms with Crippen LogP contribution in [0.4, 0.5) is 0 Å². The van der Waals surface area contributed by atoms with Gasteiger partial charge in [0.2, 0.25) is 5.89 Å². The molecule has 0 radical (unpaired) electrons. The molecule has 1 amide bonds. The summed E-state index contributed by atoms with van der Waals surface area (Å²) >= 11 is 6.07. The van der Waals surface area contributed by atoms with Crippen molar-refractivity contribution in [3.05, 3.63) is 64.4 Å². The van der Waals surface area contributed by atoms with Gasteiger partial charge in [-0.1, -0.05) is 24.6 Å². The maximum atomic E-state index is 13.0. The first kappa shape index (κ1) is 20.9. The number of hydrogen-bond acceptors (Lipinski definition) is 6. The summed E-state index contributed by atoms with van der Waals surface area (Å²) in [5, 5.41) is 3.60. The third-order valence-corrected chi connectivity index (χ3v) is 5.86. The van der Waals surface area contributed by atoms with Gasteiger partial charge in [0.05, 0.1) is 25.5 Å². The molecule has 0 aliphatic carbocycles. The maximum Gasteiger partial charge on any atom is 0.270 e. The first-order valence-corrected chi connectivity index (χ1v) is 11.1. The second-order valence-corrected chi connectivity index (χ2v) is 8.25. The van der Waals surface area contributed by atoms with Crippen LogP contribution in [0.3, 0.4) is 0 Å². The van der Waals surface area contributed by atoms with Gasteiger partial charge >= 0.3 is 0 Å².